The molecule has 1 fully saturated rings. The monoisotopic (exact) mass is 277 g/mol. The number of nitrogens with two attached hydrogens (primary N) is 1. The molecule has 0 aromatic carbocycles. The van der Waals surface area contributed by atoms with Gasteiger partial charge < -0.3 is 10.3 Å². The number of hydrogen-bond acceptors (Lipinski definition) is 5. The summed E-state index contributed by atoms with van der Waals surface area (Å²) in [5, 5.41) is 0. The lowest BCUT2D eigenvalue weighted by Crippen LogP contribution is -2.36. The second-order valence-electron chi connectivity index (χ2n) is 5.69. The Kier molecular flexibility index (Phi) is 5.17. The molecule has 20 heavy (non-hydrogen) atoms. The fraction of sp³-hybridized carbons (Fsp3) is 0.733. The molecule has 1 atom stereocenters. The average Bonchev–Trinajstić information content (AvgIpc) is 2.49. The van der Waals surface area contributed by atoms with Crippen molar-refractivity contribution in [2.45, 2.75) is 52.9 Å². The highest BCUT2D eigenvalue weighted by Crippen LogP contribution is 2.28. The number of aryl methyl sites for hydroxylation is 1. The Morgan fingerprint density at radius 3 is 2.80 bits per heavy atom. The summed E-state index contributed by atoms with van der Waals surface area (Å²) in [7, 11) is 0. The van der Waals surface area contributed by atoms with E-state index in [0.29, 0.717) is 0 Å². The van der Waals surface area contributed by atoms with Crippen LogP contribution in [0.4, 0.5) is 11.6 Å². The maximum atomic E-state index is 5.61. The molecular weight excluding hydrogens is 250 g/mol. The summed E-state index contributed by atoms with van der Waals surface area (Å²) in [6.45, 7) is 8.66. The van der Waals surface area contributed by atoms with Gasteiger partial charge in [-0.25, -0.2) is 15.8 Å². The zero-order valence-electron chi connectivity index (χ0n) is 12.9. The number of aromatic nitrogens is 2. The molecule has 0 bridgehead atoms. The van der Waals surface area contributed by atoms with E-state index in [9.17, 15) is 0 Å². The van der Waals surface area contributed by atoms with Gasteiger partial charge in [0.2, 0.25) is 0 Å². The largest absolute Gasteiger partial charge is 0.356 e. The van der Waals surface area contributed by atoms with Crippen molar-refractivity contribution in [3.63, 3.8) is 0 Å². The van der Waals surface area contributed by atoms with Crippen LogP contribution in [0.15, 0.2) is 0 Å². The highest BCUT2D eigenvalue weighted by molar-refractivity contribution is 5.58. The maximum Gasteiger partial charge on any atom is 0.148 e. The van der Waals surface area contributed by atoms with Gasteiger partial charge in [-0.1, -0.05) is 20.3 Å². The first-order valence-corrected chi connectivity index (χ1v) is 7.78. The summed E-state index contributed by atoms with van der Waals surface area (Å²) in [5.41, 5.74) is 3.78. The van der Waals surface area contributed by atoms with Gasteiger partial charge in [-0.2, -0.15) is 0 Å². The highest BCUT2D eigenvalue weighted by atomic mass is 15.3. The molecule has 1 aromatic heterocycles. The van der Waals surface area contributed by atoms with E-state index in [2.05, 4.69) is 36.1 Å². The van der Waals surface area contributed by atoms with Crippen molar-refractivity contribution < 1.29 is 0 Å². The van der Waals surface area contributed by atoms with Crippen LogP contribution in [0.25, 0.3) is 0 Å². The molecule has 1 unspecified atom stereocenters. The number of nitrogens with zero attached hydrogens (tertiary/aromatic N) is 3. The Balaban J connectivity index is 2.31. The molecule has 1 aromatic rings. The number of piperidine rings is 1. The van der Waals surface area contributed by atoms with Crippen LogP contribution in [0.3, 0.4) is 0 Å². The average molecular weight is 277 g/mol. The van der Waals surface area contributed by atoms with Gasteiger partial charge in [-0.05, 0) is 32.1 Å². The van der Waals surface area contributed by atoms with E-state index in [1.54, 1.807) is 0 Å². The maximum absolute atomic E-state index is 5.61. The number of hydrogen-bond donors (Lipinski definition) is 2. The molecule has 3 N–H and O–H groups in total. The lowest BCUT2D eigenvalue weighted by atomic mass is 9.95. The lowest BCUT2D eigenvalue weighted by molar-refractivity contribution is 0.402. The van der Waals surface area contributed by atoms with Gasteiger partial charge in [0, 0.05) is 25.1 Å². The quantitative estimate of drug-likeness (QED) is 0.640. The normalized spacial score (nSPS) is 19.2. The van der Waals surface area contributed by atoms with Crippen molar-refractivity contribution in [1.29, 1.82) is 0 Å². The predicted molar refractivity (Wildman–Crippen MR) is 83.8 cm³/mol. The molecule has 0 amide bonds. The standard InChI is InChI=1S/C15H27N5/c1-4-7-13-17-14(19-16)11(3)15(18-13)20-9-6-8-12(5-2)10-20/h12H,4-10,16H2,1-3H3,(H,17,18,19). The molecule has 0 aliphatic carbocycles. The molecule has 5 nitrogen and oxygen atoms in total. The summed E-state index contributed by atoms with van der Waals surface area (Å²) in [5.74, 6) is 9.10. The first kappa shape index (κ1) is 15.0. The first-order chi connectivity index (χ1) is 9.69. The number of nitrogen functional groups attached to an aromatic ring is 1. The third-order valence-electron chi connectivity index (χ3n) is 4.17. The summed E-state index contributed by atoms with van der Waals surface area (Å²) in [6.07, 6.45) is 5.76. The smallest absolute Gasteiger partial charge is 0.148 e. The van der Waals surface area contributed by atoms with Crippen molar-refractivity contribution in [3.8, 4) is 0 Å². The fourth-order valence-electron chi connectivity index (χ4n) is 2.92. The Labute approximate surface area is 121 Å². The van der Waals surface area contributed by atoms with E-state index < -0.39 is 0 Å². The second kappa shape index (κ2) is 6.88. The molecule has 0 spiro atoms. The molecule has 2 rings (SSSR count). The molecular formula is C15H27N5. The van der Waals surface area contributed by atoms with Crippen LogP contribution >= 0.6 is 0 Å². The van der Waals surface area contributed by atoms with Crippen LogP contribution in [0, 0.1) is 12.8 Å². The minimum Gasteiger partial charge on any atom is -0.356 e. The summed E-state index contributed by atoms with van der Waals surface area (Å²) < 4.78 is 0. The molecule has 112 valence electrons. The van der Waals surface area contributed by atoms with E-state index in [1.807, 2.05) is 0 Å². The number of nitrogens with one attached hydrogen (secondary N) is 1. The van der Waals surface area contributed by atoms with Crippen LogP contribution in [-0.4, -0.2) is 23.1 Å². The SMILES string of the molecule is CCCc1nc(NN)c(C)c(N2CCCC(CC)C2)n1. The van der Waals surface area contributed by atoms with E-state index in [-0.39, 0.29) is 0 Å². The van der Waals surface area contributed by atoms with Crippen LogP contribution < -0.4 is 16.2 Å². The third kappa shape index (κ3) is 3.20. The summed E-state index contributed by atoms with van der Waals surface area (Å²) in [4.78, 5) is 11.7. The van der Waals surface area contributed by atoms with Gasteiger partial charge in [0.1, 0.15) is 17.5 Å². The van der Waals surface area contributed by atoms with Crippen LogP contribution in [-0.2, 0) is 6.42 Å². The molecule has 5 heteroatoms. The summed E-state index contributed by atoms with van der Waals surface area (Å²) in [6, 6.07) is 0. The van der Waals surface area contributed by atoms with Gasteiger partial charge in [-0.15, -0.1) is 0 Å². The highest BCUT2D eigenvalue weighted by Gasteiger charge is 2.22. The van der Waals surface area contributed by atoms with Crippen molar-refractivity contribution in [3.05, 3.63) is 11.4 Å². The van der Waals surface area contributed by atoms with E-state index in [4.69, 9.17) is 10.8 Å². The minimum atomic E-state index is 0.761. The van der Waals surface area contributed by atoms with Gasteiger partial charge >= 0.3 is 0 Å². The molecule has 1 saturated heterocycles. The number of rotatable bonds is 5. The lowest BCUT2D eigenvalue weighted by Gasteiger charge is -2.34. The number of anilines is 2. The molecule has 0 saturated carbocycles. The topological polar surface area (TPSA) is 67.1 Å². The summed E-state index contributed by atoms with van der Waals surface area (Å²) >= 11 is 0. The molecule has 1 aliphatic heterocycles. The van der Waals surface area contributed by atoms with E-state index in [1.165, 1.54) is 19.3 Å². The molecule has 1 aliphatic rings. The van der Waals surface area contributed by atoms with Gasteiger partial charge in [0.25, 0.3) is 0 Å². The molecule has 0 radical (unpaired) electrons. The Morgan fingerprint density at radius 1 is 1.35 bits per heavy atom. The predicted octanol–water partition coefficient (Wildman–Crippen LogP) is 2.65. The van der Waals surface area contributed by atoms with E-state index in [0.717, 1.165) is 54.9 Å². The third-order valence-corrected chi connectivity index (χ3v) is 4.17. The van der Waals surface area contributed by atoms with Gasteiger partial charge in [0.05, 0.1) is 0 Å². The van der Waals surface area contributed by atoms with Crippen molar-refractivity contribution in [2.75, 3.05) is 23.4 Å². The van der Waals surface area contributed by atoms with Crippen molar-refractivity contribution in [1.82, 2.24) is 9.97 Å². The second-order valence-corrected chi connectivity index (χ2v) is 5.69. The first-order valence-electron chi connectivity index (χ1n) is 7.78. The van der Waals surface area contributed by atoms with Crippen molar-refractivity contribution in [2.24, 2.45) is 11.8 Å². The Hall–Kier alpha value is -1.36. The van der Waals surface area contributed by atoms with Gasteiger partial charge in [-0.3, -0.25) is 0 Å². The molecule has 2 heterocycles. The van der Waals surface area contributed by atoms with Gasteiger partial charge in [0.15, 0.2) is 0 Å². The Bertz CT molecular complexity index is 446. The zero-order chi connectivity index (χ0) is 14.5. The van der Waals surface area contributed by atoms with Crippen LogP contribution in [0.1, 0.15) is 50.9 Å². The zero-order valence-corrected chi connectivity index (χ0v) is 12.9. The minimum absolute atomic E-state index is 0.761. The number of hydrazine groups is 1. The van der Waals surface area contributed by atoms with Crippen molar-refractivity contribution >= 4 is 11.6 Å². The van der Waals surface area contributed by atoms with Crippen LogP contribution in [0.2, 0.25) is 0 Å². The van der Waals surface area contributed by atoms with E-state index >= 15 is 0 Å². The van der Waals surface area contributed by atoms with Crippen LogP contribution in [0.5, 0.6) is 0 Å². The Morgan fingerprint density at radius 2 is 2.15 bits per heavy atom. The fourth-order valence-corrected chi connectivity index (χ4v) is 2.92.